The fraction of sp³-hybridized carbons (Fsp3) is 0.889. The van der Waals surface area contributed by atoms with E-state index in [0.29, 0.717) is 13.1 Å². The van der Waals surface area contributed by atoms with Gasteiger partial charge in [-0.2, -0.15) is 0 Å². The molecule has 0 spiro atoms. The second-order valence-corrected chi connectivity index (χ2v) is 7.10. The van der Waals surface area contributed by atoms with Crippen molar-refractivity contribution in [2.45, 2.75) is 90.5 Å². The van der Waals surface area contributed by atoms with Crippen LogP contribution in [0.4, 0.5) is 0 Å². The Hall–Kier alpha value is -1.14. The summed E-state index contributed by atoms with van der Waals surface area (Å²) >= 11 is 0. The van der Waals surface area contributed by atoms with Crippen molar-refractivity contribution in [3.63, 3.8) is 0 Å². The van der Waals surface area contributed by atoms with Crippen LogP contribution in [0.1, 0.15) is 66.2 Å². The Morgan fingerprint density at radius 3 is 1.42 bits per heavy atom. The monoisotopic (exact) mass is 342 g/mol. The fourth-order valence-electron chi connectivity index (χ4n) is 3.18. The minimum Gasteiger partial charge on any atom is -0.393 e. The molecule has 2 N–H and O–H groups in total. The van der Waals surface area contributed by atoms with Crippen LogP contribution < -0.4 is 0 Å². The van der Waals surface area contributed by atoms with Gasteiger partial charge in [0.1, 0.15) is 12.1 Å². The molecule has 1 fully saturated rings. The van der Waals surface area contributed by atoms with Gasteiger partial charge in [0, 0.05) is 13.1 Å². The van der Waals surface area contributed by atoms with Gasteiger partial charge < -0.3 is 20.0 Å². The molecular weight excluding hydrogens is 308 g/mol. The summed E-state index contributed by atoms with van der Waals surface area (Å²) in [7, 11) is 0. The summed E-state index contributed by atoms with van der Waals surface area (Å²) < 4.78 is 0. The van der Waals surface area contributed by atoms with Gasteiger partial charge in [-0.05, 0) is 66.2 Å². The smallest absolute Gasteiger partial charge is 0.245 e. The topological polar surface area (TPSA) is 81.1 Å². The standard InChI is InChI=1S/C18H34N2O4/c1-13(21)9-5-7-11-19-15(3)18(24)20(16(4)17(19)23)12-8-6-10-14(2)22/h13-16,21-22H,5-12H2,1-4H3/t13-,14-,15?,16?/m1/s1. The average Bonchev–Trinajstić information content (AvgIpc) is 2.51. The number of rotatable bonds is 10. The minimum atomic E-state index is -0.419. The number of carbonyl (C=O) groups is 2. The van der Waals surface area contributed by atoms with E-state index < -0.39 is 12.1 Å². The van der Waals surface area contributed by atoms with Gasteiger partial charge in [0.25, 0.3) is 0 Å². The molecule has 4 atom stereocenters. The Morgan fingerprint density at radius 1 is 0.792 bits per heavy atom. The second-order valence-electron chi connectivity index (χ2n) is 7.10. The van der Waals surface area contributed by atoms with Crippen molar-refractivity contribution < 1.29 is 19.8 Å². The predicted molar refractivity (Wildman–Crippen MR) is 93.4 cm³/mol. The summed E-state index contributed by atoms with van der Waals surface area (Å²) in [6, 6.07) is -0.839. The van der Waals surface area contributed by atoms with Crippen LogP contribution in [0.5, 0.6) is 0 Å². The highest BCUT2D eigenvalue weighted by Crippen LogP contribution is 2.20. The maximum Gasteiger partial charge on any atom is 0.245 e. The van der Waals surface area contributed by atoms with E-state index in [1.54, 1.807) is 37.5 Å². The molecule has 1 rings (SSSR count). The Morgan fingerprint density at radius 2 is 1.12 bits per heavy atom. The highest BCUT2D eigenvalue weighted by molar-refractivity contribution is 5.96. The van der Waals surface area contributed by atoms with Crippen molar-refractivity contribution in [2.24, 2.45) is 0 Å². The number of hydrogen-bond acceptors (Lipinski definition) is 4. The molecule has 6 heteroatoms. The van der Waals surface area contributed by atoms with Crippen LogP contribution in [0.2, 0.25) is 0 Å². The Balaban J connectivity index is 2.52. The number of aliphatic hydroxyl groups is 2. The van der Waals surface area contributed by atoms with Gasteiger partial charge in [-0.3, -0.25) is 9.59 Å². The molecule has 0 bridgehead atoms. The molecule has 140 valence electrons. The van der Waals surface area contributed by atoms with Crippen LogP contribution in [-0.2, 0) is 9.59 Å². The number of nitrogens with zero attached hydrogens (tertiary/aromatic N) is 2. The van der Waals surface area contributed by atoms with Crippen LogP contribution in [0.25, 0.3) is 0 Å². The molecule has 0 saturated carbocycles. The quantitative estimate of drug-likeness (QED) is 0.590. The zero-order valence-corrected chi connectivity index (χ0v) is 15.6. The van der Waals surface area contributed by atoms with Crippen LogP contribution >= 0.6 is 0 Å². The Labute approximate surface area is 145 Å². The van der Waals surface area contributed by atoms with E-state index in [9.17, 15) is 19.8 Å². The van der Waals surface area contributed by atoms with Gasteiger partial charge in [0.05, 0.1) is 12.2 Å². The molecule has 24 heavy (non-hydrogen) atoms. The van der Waals surface area contributed by atoms with Crippen molar-refractivity contribution in [1.82, 2.24) is 9.80 Å². The first-order valence-electron chi connectivity index (χ1n) is 9.22. The third kappa shape index (κ3) is 6.06. The number of aliphatic hydroxyl groups excluding tert-OH is 2. The number of hydrogen-bond donors (Lipinski definition) is 2. The molecular formula is C18H34N2O4. The van der Waals surface area contributed by atoms with E-state index in [0.717, 1.165) is 38.5 Å². The Kier molecular flexibility index (Phi) is 8.70. The lowest BCUT2D eigenvalue weighted by molar-refractivity contribution is -0.160. The lowest BCUT2D eigenvalue weighted by Crippen LogP contribution is -2.63. The second kappa shape index (κ2) is 9.99. The summed E-state index contributed by atoms with van der Waals surface area (Å²) in [5, 5.41) is 18.6. The van der Waals surface area contributed by atoms with Crippen molar-refractivity contribution in [1.29, 1.82) is 0 Å². The zero-order chi connectivity index (χ0) is 18.3. The molecule has 1 aliphatic rings. The first kappa shape index (κ1) is 20.9. The fourth-order valence-corrected chi connectivity index (χ4v) is 3.18. The molecule has 1 heterocycles. The summed E-state index contributed by atoms with van der Waals surface area (Å²) in [5.74, 6) is 0.0179. The lowest BCUT2D eigenvalue weighted by atomic mass is 10.0. The van der Waals surface area contributed by atoms with E-state index in [4.69, 9.17) is 0 Å². The van der Waals surface area contributed by atoms with Gasteiger partial charge in [0.2, 0.25) is 11.8 Å². The van der Waals surface area contributed by atoms with Gasteiger partial charge >= 0.3 is 0 Å². The maximum atomic E-state index is 12.6. The number of piperazine rings is 1. The number of unbranched alkanes of at least 4 members (excludes halogenated alkanes) is 2. The van der Waals surface area contributed by atoms with E-state index >= 15 is 0 Å². The van der Waals surface area contributed by atoms with E-state index in [-0.39, 0.29) is 24.0 Å². The van der Waals surface area contributed by atoms with Crippen molar-refractivity contribution in [3.8, 4) is 0 Å². The first-order chi connectivity index (χ1) is 11.3. The third-order valence-corrected chi connectivity index (χ3v) is 4.76. The van der Waals surface area contributed by atoms with Crippen molar-refractivity contribution in [2.75, 3.05) is 13.1 Å². The predicted octanol–water partition coefficient (Wildman–Crippen LogP) is 1.54. The maximum absolute atomic E-state index is 12.6. The van der Waals surface area contributed by atoms with Gasteiger partial charge in [-0.25, -0.2) is 0 Å². The molecule has 2 unspecified atom stereocenters. The summed E-state index contributed by atoms with van der Waals surface area (Å²) in [4.78, 5) is 28.6. The van der Waals surface area contributed by atoms with Crippen molar-refractivity contribution in [3.05, 3.63) is 0 Å². The molecule has 0 radical (unpaired) electrons. The molecule has 1 aliphatic heterocycles. The van der Waals surface area contributed by atoms with Crippen LogP contribution in [0.3, 0.4) is 0 Å². The van der Waals surface area contributed by atoms with Crippen molar-refractivity contribution >= 4 is 11.8 Å². The van der Waals surface area contributed by atoms with Crippen LogP contribution in [0, 0.1) is 0 Å². The van der Waals surface area contributed by atoms with E-state index in [1.165, 1.54) is 0 Å². The molecule has 0 aliphatic carbocycles. The zero-order valence-electron chi connectivity index (χ0n) is 15.6. The summed E-state index contributed by atoms with van der Waals surface area (Å²) in [5.41, 5.74) is 0. The molecule has 6 nitrogen and oxygen atoms in total. The van der Waals surface area contributed by atoms with Gasteiger partial charge in [-0.1, -0.05) is 0 Å². The normalized spacial score (nSPS) is 24.4. The van der Waals surface area contributed by atoms with Gasteiger partial charge in [0.15, 0.2) is 0 Å². The highest BCUT2D eigenvalue weighted by atomic mass is 16.3. The number of amides is 2. The summed E-state index contributed by atoms with van der Waals surface area (Å²) in [6.45, 7) is 8.25. The molecule has 0 aromatic rings. The van der Waals surface area contributed by atoms with E-state index in [1.807, 2.05) is 0 Å². The van der Waals surface area contributed by atoms with Crippen LogP contribution in [-0.4, -0.2) is 69.2 Å². The lowest BCUT2D eigenvalue weighted by Gasteiger charge is -2.43. The summed E-state index contributed by atoms with van der Waals surface area (Å²) in [6.07, 6.45) is 4.09. The SMILES string of the molecule is CC1C(=O)N(CCCC[C@@H](C)O)C(C)C(=O)N1CCCC[C@@H](C)O. The molecule has 0 aromatic heterocycles. The highest BCUT2D eigenvalue weighted by Gasteiger charge is 2.40. The number of carbonyl (C=O) groups excluding carboxylic acids is 2. The largest absolute Gasteiger partial charge is 0.393 e. The van der Waals surface area contributed by atoms with Crippen LogP contribution in [0.15, 0.2) is 0 Å². The van der Waals surface area contributed by atoms with Gasteiger partial charge in [-0.15, -0.1) is 0 Å². The molecule has 2 amide bonds. The average molecular weight is 342 g/mol. The van der Waals surface area contributed by atoms with E-state index in [2.05, 4.69) is 0 Å². The third-order valence-electron chi connectivity index (χ3n) is 4.76. The first-order valence-corrected chi connectivity index (χ1v) is 9.22. The molecule has 1 saturated heterocycles. The Bertz CT molecular complexity index is 374. The molecule has 0 aromatic carbocycles. The minimum absolute atomic E-state index is 0.00896.